The summed E-state index contributed by atoms with van der Waals surface area (Å²) >= 11 is 0. The van der Waals surface area contributed by atoms with Crippen LogP contribution < -0.4 is 10.1 Å². The minimum absolute atomic E-state index is 0.104. The van der Waals surface area contributed by atoms with Gasteiger partial charge in [-0.05, 0) is 24.1 Å². The topological polar surface area (TPSA) is 83.0 Å². The molecule has 0 aliphatic carbocycles. The predicted molar refractivity (Wildman–Crippen MR) is 84.8 cm³/mol. The van der Waals surface area contributed by atoms with Crippen LogP contribution in [0.25, 0.3) is 0 Å². The highest BCUT2D eigenvalue weighted by Gasteiger charge is 2.29. The third-order valence-electron chi connectivity index (χ3n) is 4.18. The van der Waals surface area contributed by atoms with Crippen molar-refractivity contribution in [1.82, 2.24) is 15.5 Å². The van der Waals surface area contributed by atoms with Gasteiger partial charge in [-0.3, -0.25) is 5.10 Å². The van der Waals surface area contributed by atoms with E-state index in [9.17, 15) is 0 Å². The maximum Gasteiger partial charge on any atom is 0.136 e. The van der Waals surface area contributed by atoms with Crippen LogP contribution in [0.2, 0.25) is 0 Å². The molecule has 1 aromatic carbocycles. The van der Waals surface area contributed by atoms with E-state index in [-0.39, 0.29) is 6.10 Å². The summed E-state index contributed by atoms with van der Waals surface area (Å²) in [7, 11) is 1.57. The number of H-pyrrole nitrogens is 1. The molecule has 2 atom stereocenters. The molecule has 120 valence electrons. The summed E-state index contributed by atoms with van der Waals surface area (Å²) in [5, 5.41) is 19.4. The minimum atomic E-state index is 0.104. The lowest BCUT2D eigenvalue weighted by Crippen LogP contribution is -2.24. The number of aromatic amines is 1. The van der Waals surface area contributed by atoms with Crippen LogP contribution in [0.4, 0.5) is 0 Å². The molecule has 0 unspecified atom stereocenters. The Bertz CT molecular complexity index is 678. The Morgan fingerprint density at radius 2 is 2.43 bits per heavy atom. The van der Waals surface area contributed by atoms with E-state index < -0.39 is 0 Å². The van der Waals surface area contributed by atoms with E-state index in [4.69, 9.17) is 14.7 Å². The van der Waals surface area contributed by atoms with Crippen molar-refractivity contribution in [1.29, 1.82) is 5.26 Å². The molecule has 0 bridgehead atoms. The van der Waals surface area contributed by atoms with Crippen molar-refractivity contribution in [3.05, 3.63) is 47.3 Å². The molecule has 1 saturated heterocycles. The second-order valence-corrected chi connectivity index (χ2v) is 5.65. The van der Waals surface area contributed by atoms with E-state index in [2.05, 4.69) is 21.6 Å². The highest BCUT2D eigenvalue weighted by molar-refractivity contribution is 5.45. The molecule has 0 amide bonds. The van der Waals surface area contributed by atoms with Gasteiger partial charge in [-0.15, -0.1) is 0 Å². The lowest BCUT2D eigenvalue weighted by atomic mass is 9.97. The normalized spacial score (nSPS) is 20.3. The molecule has 1 aliphatic heterocycles. The standard InChI is InChI=1S/C17H20N4O2/c1-22-16-3-2-12(6-14(16)7-18)8-19-9-13-4-5-23-17(13)15-10-20-21-11-15/h2-3,6,10-11,13,17,19H,4-5,8-9H2,1H3,(H,20,21)/t13-,17+/m0/s1. The van der Waals surface area contributed by atoms with Crippen molar-refractivity contribution < 1.29 is 9.47 Å². The lowest BCUT2D eigenvalue weighted by molar-refractivity contribution is 0.0905. The summed E-state index contributed by atoms with van der Waals surface area (Å²) in [4.78, 5) is 0. The first-order valence-electron chi connectivity index (χ1n) is 7.70. The SMILES string of the molecule is COc1ccc(CNC[C@@H]2CCO[C@H]2c2cn[nH]c2)cc1C#N. The van der Waals surface area contributed by atoms with E-state index >= 15 is 0 Å². The third-order valence-corrected chi connectivity index (χ3v) is 4.18. The summed E-state index contributed by atoms with van der Waals surface area (Å²) in [5.41, 5.74) is 2.74. The summed E-state index contributed by atoms with van der Waals surface area (Å²) in [5.74, 6) is 1.04. The number of hydrogen-bond acceptors (Lipinski definition) is 5. The van der Waals surface area contributed by atoms with Crippen LogP contribution in [0, 0.1) is 17.2 Å². The van der Waals surface area contributed by atoms with Gasteiger partial charge in [0.15, 0.2) is 0 Å². The third kappa shape index (κ3) is 3.52. The molecule has 0 spiro atoms. The first-order chi connectivity index (χ1) is 11.3. The Morgan fingerprint density at radius 3 is 3.17 bits per heavy atom. The smallest absolute Gasteiger partial charge is 0.136 e. The van der Waals surface area contributed by atoms with Gasteiger partial charge < -0.3 is 14.8 Å². The largest absolute Gasteiger partial charge is 0.495 e. The van der Waals surface area contributed by atoms with Crippen molar-refractivity contribution in [2.75, 3.05) is 20.3 Å². The van der Waals surface area contributed by atoms with Crippen molar-refractivity contribution in [3.8, 4) is 11.8 Å². The van der Waals surface area contributed by atoms with Crippen molar-refractivity contribution >= 4 is 0 Å². The van der Waals surface area contributed by atoms with Crippen LogP contribution in [0.15, 0.2) is 30.6 Å². The number of hydrogen-bond donors (Lipinski definition) is 2. The molecule has 1 fully saturated rings. The Labute approximate surface area is 135 Å². The number of rotatable bonds is 6. The Morgan fingerprint density at radius 1 is 1.52 bits per heavy atom. The van der Waals surface area contributed by atoms with E-state index in [1.54, 1.807) is 7.11 Å². The van der Waals surface area contributed by atoms with E-state index in [1.807, 2.05) is 30.6 Å². The Kier molecular flexibility index (Phi) is 4.91. The Hall–Kier alpha value is -2.36. The maximum atomic E-state index is 9.14. The molecule has 2 N–H and O–H groups in total. The first kappa shape index (κ1) is 15.5. The van der Waals surface area contributed by atoms with Crippen LogP contribution in [0.3, 0.4) is 0 Å². The number of nitriles is 1. The number of nitrogens with one attached hydrogen (secondary N) is 2. The van der Waals surface area contributed by atoms with E-state index in [0.29, 0.717) is 23.8 Å². The molecule has 2 heterocycles. The van der Waals surface area contributed by atoms with Crippen LogP contribution in [0.5, 0.6) is 5.75 Å². The van der Waals surface area contributed by atoms with Crippen LogP contribution in [-0.4, -0.2) is 30.5 Å². The van der Waals surface area contributed by atoms with E-state index in [0.717, 1.165) is 30.7 Å². The molecule has 6 nitrogen and oxygen atoms in total. The van der Waals surface area contributed by atoms with Crippen LogP contribution >= 0.6 is 0 Å². The molecule has 2 aromatic rings. The second kappa shape index (κ2) is 7.27. The number of nitrogens with zero attached hydrogens (tertiary/aromatic N) is 2. The van der Waals surface area contributed by atoms with Gasteiger partial charge in [0.2, 0.25) is 0 Å². The molecular formula is C17H20N4O2. The quantitative estimate of drug-likeness (QED) is 0.854. The predicted octanol–water partition coefficient (Wildman–Crippen LogP) is 2.16. The monoisotopic (exact) mass is 312 g/mol. The number of ether oxygens (including phenoxy) is 2. The molecular weight excluding hydrogens is 292 g/mol. The van der Waals surface area contributed by atoms with Crippen LogP contribution in [0.1, 0.15) is 29.2 Å². The molecule has 3 rings (SSSR count). The fourth-order valence-corrected chi connectivity index (χ4v) is 2.98. The second-order valence-electron chi connectivity index (χ2n) is 5.65. The fourth-order valence-electron chi connectivity index (χ4n) is 2.98. The van der Waals surface area contributed by atoms with Crippen molar-refractivity contribution in [2.24, 2.45) is 5.92 Å². The van der Waals surface area contributed by atoms with Gasteiger partial charge >= 0.3 is 0 Å². The fraction of sp³-hybridized carbons (Fsp3) is 0.412. The highest BCUT2D eigenvalue weighted by atomic mass is 16.5. The summed E-state index contributed by atoms with van der Waals surface area (Å²) in [6.45, 7) is 2.36. The zero-order valence-electron chi connectivity index (χ0n) is 13.1. The summed E-state index contributed by atoms with van der Waals surface area (Å²) in [6, 6.07) is 7.84. The van der Waals surface area contributed by atoms with Crippen molar-refractivity contribution in [2.45, 2.75) is 19.1 Å². The number of aromatic nitrogens is 2. The van der Waals surface area contributed by atoms with Gasteiger partial charge in [0.25, 0.3) is 0 Å². The van der Waals surface area contributed by atoms with Gasteiger partial charge in [-0.25, -0.2) is 0 Å². The molecule has 0 saturated carbocycles. The minimum Gasteiger partial charge on any atom is -0.495 e. The van der Waals surface area contributed by atoms with E-state index in [1.165, 1.54) is 0 Å². The van der Waals surface area contributed by atoms with Gasteiger partial charge in [-0.1, -0.05) is 6.07 Å². The summed E-state index contributed by atoms with van der Waals surface area (Å²) in [6.07, 6.45) is 4.86. The average molecular weight is 312 g/mol. The van der Waals surface area contributed by atoms with Gasteiger partial charge in [0.05, 0.1) is 25.0 Å². The lowest BCUT2D eigenvalue weighted by Gasteiger charge is -2.18. The number of benzene rings is 1. The Balaban J connectivity index is 1.56. The molecule has 6 heteroatoms. The molecule has 1 aliphatic rings. The summed E-state index contributed by atoms with van der Waals surface area (Å²) < 4.78 is 11.0. The van der Waals surface area contributed by atoms with Gasteiger partial charge in [0, 0.05) is 37.4 Å². The van der Waals surface area contributed by atoms with Gasteiger partial charge in [-0.2, -0.15) is 10.4 Å². The number of methoxy groups -OCH3 is 1. The first-order valence-corrected chi connectivity index (χ1v) is 7.70. The van der Waals surface area contributed by atoms with Gasteiger partial charge in [0.1, 0.15) is 11.8 Å². The molecule has 1 aromatic heterocycles. The maximum absolute atomic E-state index is 9.14. The zero-order valence-corrected chi connectivity index (χ0v) is 13.1. The van der Waals surface area contributed by atoms with Crippen molar-refractivity contribution in [3.63, 3.8) is 0 Å². The average Bonchev–Trinajstić information content (AvgIpc) is 3.25. The molecule has 0 radical (unpaired) electrons. The highest BCUT2D eigenvalue weighted by Crippen LogP contribution is 2.33. The zero-order chi connectivity index (χ0) is 16.1. The van der Waals surface area contributed by atoms with Crippen LogP contribution in [-0.2, 0) is 11.3 Å². The molecule has 23 heavy (non-hydrogen) atoms.